The Morgan fingerprint density at radius 3 is 1.31 bits per heavy atom. The van der Waals surface area contributed by atoms with Gasteiger partial charge in [0.2, 0.25) is 0 Å². The smallest absolute Gasteiger partial charge is 0.104 e. The molecule has 4 aromatic heterocycles. The topological polar surface area (TPSA) is 67.3 Å². The molecule has 0 saturated heterocycles. The molecule has 68 heavy (non-hydrogen) atoms. The normalized spacial score (nSPS) is 11.8. The average Bonchev–Trinajstić information content (AvgIpc) is 4.13. The van der Waals surface area contributed by atoms with Crippen LogP contribution in [0.4, 0.5) is 0 Å². The van der Waals surface area contributed by atoms with Crippen LogP contribution in [0.15, 0.2) is 218 Å². The second-order valence-electron chi connectivity index (χ2n) is 17.5. The molecule has 0 fully saturated rings. The predicted octanol–water partition coefficient (Wildman–Crippen LogP) is 15.5. The van der Waals surface area contributed by atoms with Gasteiger partial charge in [0, 0.05) is 54.5 Å². The van der Waals surface area contributed by atoms with Gasteiger partial charge in [0.05, 0.1) is 67.1 Å². The van der Waals surface area contributed by atoms with E-state index in [1.165, 1.54) is 5.39 Å². The molecule has 0 aliphatic carbocycles. The molecule has 0 amide bonds. The van der Waals surface area contributed by atoms with Crippen LogP contribution < -0.4 is 0 Å². The molecule has 14 aromatic rings. The lowest BCUT2D eigenvalue weighted by Gasteiger charge is -2.19. The van der Waals surface area contributed by atoms with Gasteiger partial charge in [0.1, 0.15) is 11.6 Å². The Labute approximate surface area is 389 Å². The first kappa shape index (κ1) is 37.7. The largest absolute Gasteiger partial charge is 0.309 e. The summed E-state index contributed by atoms with van der Waals surface area (Å²) in [5.74, 6) is 0. The van der Waals surface area contributed by atoms with E-state index in [9.17, 15) is 10.5 Å². The first-order valence-electron chi connectivity index (χ1n) is 22.8. The van der Waals surface area contributed by atoms with Crippen LogP contribution in [0.5, 0.6) is 0 Å². The first-order chi connectivity index (χ1) is 33.7. The highest BCUT2D eigenvalue weighted by Gasteiger charge is 2.27. The number of fused-ring (bicyclic) bond motifs is 14. The third kappa shape index (κ3) is 5.14. The second-order valence-corrected chi connectivity index (χ2v) is 17.5. The number of nitrogens with zero attached hydrogens (tertiary/aromatic N) is 6. The Hall–Kier alpha value is -9.62. The molecule has 0 atom stereocenters. The SMILES string of the molecule is N#Cc1ccccc1-c1cc(-n2c3ccccc3c3c2ccc2c4ccccc4n(-c4ccccc4)c23)c(C#N)c(-n2c3ccccc3c3ccc4c(c5ccccc5n4-c4ccccc4)c32)c1. The summed E-state index contributed by atoms with van der Waals surface area (Å²) in [7, 11) is 0. The van der Waals surface area contributed by atoms with Gasteiger partial charge in [0.15, 0.2) is 0 Å². The standard InChI is InChI=1S/C62H36N6/c63-37-39-17-7-8-22-43(39)40-35-57(67-54-30-16-12-26-49(54)60-56(67)34-32-46-44-23-9-13-27-51(44)66(61(46)60)42-20-5-2-6-21-42)50(38-64)58(36-40)68-52-28-14-10-24-45(52)47-31-33-55-59(62(47)68)48-25-11-15-29-53(48)65(55)41-18-3-1-4-19-41/h1-36H. The van der Waals surface area contributed by atoms with Gasteiger partial charge in [-0.05, 0) is 90.0 Å². The lowest BCUT2D eigenvalue weighted by Crippen LogP contribution is -2.05. The molecule has 0 aliphatic heterocycles. The molecule has 10 aromatic carbocycles. The maximum atomic E-state index is 11.9. The van der Waals surface area contributed by atoms with Gasteiger partial charge in [-0.15, -0.1) is 0 Å². The van der Waals surface area contributed by atoms with Crippen LogP contribution >= 0.6 is 0 Å². The summed E-state index contributed by atoms with van der Waals surface area (Å²) in [4.78, 5) is 0. The Bertz CT molecular complexity index is 4510. The van der Waals surface area contributed by atoms with E-state index in [4.69, 9.17) is 0 Å². The maximum Gasteiger partial charge on any atom is 0.104 e. The molecular weight excluding hydrogens is 829 g/mol. The van der Waals surface area contributed by atoms with E-state index in [1.807, 2.05) is 24.3 Å². The Kier molecular flexibility index (Phi) is 8.01. The Morgan fingerprint density at radius 1 is 0.309 bits per heavy atom. The van der Waals surface area contributed by atoms with Crippen LogP contribution in [0.25, 0.3) is 121 Å². The summed E-state index contributed by atoms with van der Waals surface area (Å²) < 4.78 is 9.32. The van der Waals surface area contributed by atoms with Crippen LogP contribution in [-0.4, -0.2) is 18.3 Å². The van der Waals surface area contributed by atoms with Crippen LogP contribution in [-0.2, 0) is 0 Å². The van der Waals surface area contributed by atoms with Gasteiger partial charge in [0.25, 0.3) is 0 Å². The second kappa shape index (κ2) is 14.4. The van der Waals surface area contributed by atoms with Crippen LogP contribution in [0.2, 0.25) is 0 Å². The molecule has 0 N–H and O–H groups in total. The van der Waals surface area contributed by atoms with Gasteiger partial charge < -0.3 is 18.3 Å². The van der Waals surface area contributed by atoms with Crippen molar-refractivity contribution < 1.29 is 0 Å². The zero-order valence-corrected chi connectivity index (χ0v) is 36.5. The summed E-state index contributed by atoms with van der Waals surface area (Å²) in [6, 6.07) is 81.6. The predicted molar refractivity (Wildman–Crippen MR) is 279 cm³/mol. The number of aromatic nitrogens is 4. The highest BCUT2D eigenvalue weighted by molar-refractivity contribution is 6.28. The molecular formula is C62H36N6. The summed E-state index contributed by atoms with van der Waals surface area (Å²) in [6.07, 6.45) is 0. The van der Waals surface area contributed by atoms with Crippen molar-refractivity contribution in [3.63, 3.8) is 0 Å². The van der Waals surface area contributed by atoms with Gasteiger partial charge in [-0.3, -0.25) is 0 Å². The Morgan fingerprint density at radius 2 is 0.735 bits per heavy atom. The van der Waals surface area contributed by atoms with Crippen molar-refractivity contribution in [2.45, 2.75) is 0 Å². The fourth-order valence-electron chi connectivity index (χ4n) is 11.3. The molecule has 0 unspecified atom stereocenters. The van der Waals surface area contributed by atoms with Crippen LogP contribution in [0, 0.1) is 22.7 Å². The quantitative estimate of drug-likeness (QED) is 0.173. The molecule has 0 bridgehead atoms. The molecule has 0 radical (unpaired) electrons. The molecule has 0 saturated carbocycles. The number of para-hydroxylation sites is 6. The lowest BCUT2D eigenvalue weighted by atomic mass is 9.96. The van der Waals surface area contributed by atoms with Crippen molar-refractivity contribution in [2.75, 3.05) is 0 Å². The zero-order chi connectivity index (χ0) is 45.0. The summed E-state index contributed by atoms with van der Waals surface area (Å²) in [6.45, 7) is 0. The number of benzene rings is 10. The molecule has 6 heteroatoms. The van der Waals surface area contributed by atoms with E-state index in [0.717, 1.165) is 116 Å². The van der Waals surface area contributed by atoms with E-state index < -0.39 is 0 Å². The van der Waals surface area contributed by atoms with Gasteiger partial charge in [-0.2, -0.15) is 10.5 Å². The molecule has 4 heterocycles. The van der Waals surface area contributed by atoms with Gasteiger partial charge in [-0.1, -0.05) is 140 Å². The number of hydrogen-bond donors (Lipinski definition) is 0. The van der Waals surface area contributed by atoms with Crippen molar-refractivity contribution in [2.24, 2.45) is 0 Å². The number of rotatable bonds is 5. The zero-order valence-electron chi connectivity index (χ0n) is 36.5. The lowest BCUT2D eigenvalue weighted by molar-refractivity contribution is 1.12. The average molecular weight is 865 g/mol. The maximum absolute atomic E-state index is 11.9. The van der Waals surface area contributed by atoms with E-state index in [2.05, 4.69) is 225 Å². The fourth-order valence-corrected chi connectivity index (χ4v) is 11.3. The van der Waals surface area contributed by atoms with E-state index in [0.29, 0.717) is 11.1 Å². The summed E-state index contributed by atoms with van der Waals surface area (Å²) in [5, 5.41) is 31.4. The third-order valence-corrected chi connectivity index (χ3v) is 14.0. The minimum absolute atomic E-state index is 0.515. The summed E-state index contributed by atoms with van der Waals surface area (Å²) >= 11 is 0. The van der Waals surface area contributed by atoms with Gasteiger partial charge >= 0.3 is 0 Å². The summed E-state index contributed by atoms with van der Waals surface area (Å²) in [5.41, 5.74) is 14.6. The number of hydrogen-bond acceptors (Lipinski definition) is 2. The van der Waals surface area contributed by atoms with Crippen LogP contribution in [0.1, 0.15) is 11.1 Å². The minimum atomic E-state index is 0.515. The van der Waals surface area contributed by atoms with Gasteiger partial charge in [-0.25, -0.2) is 0 Å². The van der Waals surface area contributed by atoms with Crippen molar-refractivity contribution in [3.05, 3.63) is 230 Å². The third-order valence-electron chi connectivity index (χ3n) is 14.0. The molecule has 0 spiro atoms. The van der Waals surface area contributed by atoms with Crippen molar-refractivity contribution in [1.82, 2.24) is 18.3 Å². The van der Waals surface area contributed by atoms with E-state index >= 15 is 0 Å². The van der Waals surface area contributed by atoms with E-state index in [-0.39, 0.29) is 0 Å². The molecule has 314 valence electrons. The van der Waals surface area contributed by atoms with Crippen molar-refractivity contribution in [3.8, 4) is 46.0 Å². The molecule has 6 nitrogen and oxygen atoms in total. The highest BCUT2D eigenvalue weighted by Crippen LogP contribution is 2.46. The first-order valence-corrected chi connectivity index (χ1v) is 22.8. The fraction of sp³-hybridized carbons (Fsp3) is 0. The molecule has 0 aliphatic rings. The monoisotopic (exact) mass is 864 g/mol. The van der Waals surface area contributed by atoms with E-state index in [1.54, 1.807) is 0 Å². The van der Waals surface area contributed by atoms with Crippen molar-refractivity contribution in [1.29, 1.82) is 10.5 Å². The minimum Gasteiger partial charge on any atom is -0.309 e. The molecule has 14 rings (SSSR count). The van der Waals surface area contributed by atoms with Crippen molar-refractivity contribution >= 4 is 87.2 Å². The number of nitriles is 2. The highest BCUT2D eigenvalue weighted by atomic mass is 15.0. The Balaban J connectivity index is 1.18. The van der Waals surface area contributed by atoms with Crippen LogP contribution in [0.3, 0.4) is 0 Å².